The van der Waals surface area contributed by atoms with Gasteiger partial charge in [0.2, 0.25) is 0 Å². The number of rotatable bonds is 6. The maximum atomic E-state index is 13.3. The van der Waals surface area contributed by atoms with Gasteiger partial charge in [-0.2, -0.15) is 15.0 Å². The van der Waals surface area contributed by atoms with Gasteiger partial charge in [0.1, 0.15) is 11.9 Å². The molecule has 2 aromatic carbocycles. The Kier molecular flexibility index (Phi) is 7.56. The molecule has 0 spiro atoms. The molecular formula is C23H22BrIN4O3. The molecule has 7 nitrogen and oxygen atoms in total. The quantitative estimate of drug-likeness (QED) is 0.282. The Morgan fingerprint density at radius 1 is 1.28 bits per heavy atom. The molecule has 0 saturated carbocycles. The first kappa shape index (κ1) is 24.2. The van der Waals surface area contributed by atoms with Gasteiger partial charge in [-0.15, -0.1) is 0 Å². The normalized spacial score (nSPS) is 11.7. The van der Waals surface area contributed by atoms with Crippen LogP contribution >= 0.6 is 38.5 Å². The first-order valence-corrected chi connectivity index (χ1v) is 11.8. The maximum absolute atomic E-state index is 13.3. The van der Waals surface area contributed by atoms with Crippen LogP contribution in [0.5, 0.6) is 11.5 Å². The van der Waals surface area contributed by atoms with E-state index in [2.05, 4.69) is 43.6 Å². The van der Waals surface area contributed by atoms with Crippen LogP contribution in [0.4, 0.5) is 0 Å². The van der Waals surface area contributed by atoms with Crippen LogP contribution in [0.25, 0.3) is 10.9 Å². The van der Waals surface area contributed by atoms with Gasteiger partial charge in [-0.25, -0.2) is 4.98 Å². The zero-order valence-corrected chi connectivity index (χ0v) is 21.9. The van der Waals surface area contributed by atoms with Crippen LogP contribution in [0, 0.1) is 14.9 Å². The molecule has 0 amide bonds. The smallest absolute Gasteiger partial charge is 0.282 e. The average Bonchev–Trinajstić information content (AvgIpc) is 2.72. The van der Waals surface area contributed by atoms with Crippen molar-refractivity contribution >= 4 is 55.6 Å². The van der Waals surface area contributed by atoms with Crippen LogP contribution in [0.3, 0.4) is 0 Å². The molecule has 9 heteroatoms. The van der Waals surface area contributed by atoms with Crippen molar-refractivity contribution in [2.24, 2.45) is 5.10 Å². The third-order valence-electron chi connectivity index (χ3n) is 4.41. The van der Waals surface area contributed by atoms with Crippen LogP contribution in [0.15, 0.2) is 44.7 Å². The van der Waals surface area contributed by atoms with E-state index in [-0.39, 0.29) is 12.2 Å². The van der Waals surface area contributed by atoms with E-state index < -0.39 is 5.41 Å². The largest absolute Gasteiger partial charge is 0.490 e. The Balaban J connectivity index is 2.15. The van der Waals surface area contributed by atoms with Crippen molar-refractivity contribution in [3.63, 3.8) is 0 Å². The minimum atomic E-state index is -0.405. The Bertz CT molecular complexity index is 1290. The van der Waals surface area contributed by atoms with Crippen molar-refractivity contribution in [1.29, 1.82) is 5.26 Å². The monoisotopic (exact) mass is 608 g/mol. The summed E-state index contributed by atoms with van der Waals surface area (Å²) < 4.78 is 14.1. The van der Waals surface area contributed by atoms with Crippen LogP contribution < -0.4 is 15.0 Å². The van der Waals surface area contributed by atoms with E-state index in [0.717, 1.165) is 13.6 Å². The maximum Gasteiger partial charge on any atom is 0.282 e. The van der Waals surface area contributed by atoms with Crippen LogP contribution in [-0.2, 0) is 5.41 Å². The zero-order chi connectivity index (χ0) is 23.5. The molecule has 0 aliphatic carbocycles. The highest BCUT2D eigenvalue weighted by Crippen LogP contribution is 2.34. The molecule has 1 aromatic heterocycles. The van der Waals surface area contributed by atoms with Crippen LogP contribution in [0.1, 0.15) is 39.1 Å². The second-order valence-corrected chi connectivity index (χ2v) is 10.00. The fourth-order valence-electron chi connectivity index (χ4n) is 3.04. The second kappa shape index (κ2) is 10.0. The third-order valence-corrected chi connectivity index (χ3v) is 5.71. The minimum absolute atomic E-state index is 0.0772. The molecule has 0 aliphatic rings. The molecule has 3 rings (SSSR count). The number of aromatic nitrogens is 2. The molecule has 0 aliphatic heterocycles. The van der Waals surface area contributed by atoms with E-state index in [0.29, 0.717) is 34.8 Å². The summed E-state index contributed by atoms with van der Waals surface area (Å²) >= 11 is 5.54. The number of fused-ring (bicyclic) bond motifs is 1. The highest BCUT2D eigenvalue weighted by molar-refractivity contribution is 14.1. The summed E-state index contributed by atoms with van der Waals surface area (Å²) in [5, 5.41) is 13.8. The van der Waals surface area contributed by atoms with Gasteiger partial charge in [0.05, 0.1) is 27.3 Å². The van der Waals surface area contributed by atoms with E-state index in [4.69, 9.17) is 19.7 Å². The number of hydrogen-bond acceptors (Lipinski definition) is 6. The predicted octanol–water partition coefficient (Wildman–Crippen LogP) is 5.24. The van der Waals surface area contributed by atoms with Crippen molar-refractivity contribution in [2.45, 2.75) is 33.1 Å². The van der Waals surface area contributed by atoms with E-state index >= 15 is 0 Å². The molecule has 32 heavy (non-hydrogen) atoms. The van der Waals surface area contributed by atoms with Gasteiger partial charge in [0.25, 0.3) is 5.56 Å². The predicted molar refractivity (Wildman–Crippen MR) is 137 cm³/mol. The summed E-state index contributed by atoms with van der Waals surface area (Å²) in [5.74, 6) is 1.58. The highest BCUT2D eigenvalue weighted by atomic mass is 127. The van der Waals surface area contributed by atoms with Crippen LogP contribution in [-0.4, -0.2) is 29.1 Å². The average molecular weight is 609 g/mol. The Hall–Kier alpha value is -2.45. The molecule has 0 saturated heterocycles. The molecule has 0 atom stereocenters. The van der Waals surface area contributed by atoms with Crippen LogP contribution in [0.2, 0.25) is 0 Å². The van der Waals surface area contributed by atoms with Gasteiger partial charge in [-0.05, 0) is 65.4 Å². The molecule has 1 heterocycles. The molecule has 0 unspecified atom stereocenters. The third kappa shape index (κ3) is 5.30. The number of benzene rings is 2. The Morgan fingerprint density at radius 3 is 2.69 bits per heavy atom. The first-order chi connectivity index (χ1) is 15.2. The van der Waals surface area contributed by atoms with Crippen molar-refractivity contribution in [2.75, 3.05) is 13.2 Å². The minimum Gasteiger partial charge on any atom is -0.490 e. The number of nitriles is 1. The lowest BCUT2D eigenvalue weighted by molar-refractivity contribution is 0.297. The fraction of sp³-hybridized carbons (Fsp3) is 0.304. The lowest BCUT2D eigenvalue weighted by Gasteiger charge is -2.21. The van der Waals surface area contributed by atoms with E-state index in [1.165, 1.54) is 4.68 Å². The first-order valence-electron chi connectivity index (χ1n) is 9.89. The number of hydrogen-bond donors (Lipinski definition) is 0. The standard InChI is InChI=1S/C23H22BrIN4O3/c1-5-31-19-11-14(10-17(25)20(19)32-9-8-26)13-27-29-21(30)16-12-15(24)6-7-18(16)28-22(29)23(2,3)4/h6-7,10-13H,5,9H2,1-4H3. The summed E-state index contributed by atoms with van der Waals surface area (Å²) in [6.45, 7) is 8.20. The number of halogens is 2. The molecule has 0 bridgehead atoms. The van der Waals surface area contributed by atoms with Gasteiger partial charge in [0, 0.05) is 9.89 Å². The summed E-state index contributed by atoms with van der Waals surface area (Å²) in [5.41, 5.74) is 0.702. The van der Waals surface area contributed by atoms with E-state index in [1.807, 2.05) is 52.0 Å². The fourth-order valence-corrected chi connectivity index (χ4v) is 4.18. The number of ether oxygens (including phenoxy) is 2. The number of nitrogens with zero attached hydrogens (tertiary/aromatic N) is 4. The van der Waals surface area contributed by atoms with E-state index in [1.54, 1.807) is 18.3 Å². The van der Waals surface area contributed by atoms with Gasteiger partial charge in [-0.1, -0.05) is 36.7 Å². The van der Waals surface area contributed by atoms with Gasteiger partial charge >= 0.3 is 0 Å². The SMILES string of the molecule is CCOc1cc(C=Nn2c(C(C)(C)C)nc3ccc(Br)cc3c2=O)cc(I)c1OCC#N. The Labute approximate surface area is 208 Å². The van der Waals surface area contributed by atoms with Crippen molar-refractivity contribution in [1.82, 2.24) is 9.66 Å². The second-order valence-electron chi connectivity index (χ2n) is 7.92. The molecular weight excluding hydrogens is 587 g/mol. The zero-order valence-electron chi connectivity index (χ0n) is 18.1. The molecule has 3 aromatic rings. The summed E-state index contributed by atoms with van der Waals surface area (Å²) in [6, 6.07) is 11.0. The van der Waals surface area contributed by atoms with Gasteiger partial charge in [0.15, 0.2) is 18.1 Å². The van der Waals surface area contributed by atoms with Gasteiger partial charge < -0.3 is 9.47 Å². The van der Waals surface area contributed by atoms with Gasteiger partial charge in [-0.3, -0.25) is 4.79 Å². The highest BCUT2D eigenvalue weighted by Gasteiger charge is 2.23. The molecule has 0 radical (unpaired) electrons. The summed E-state index contributed by atoms with van der Waals surface area (Å²) in [7, 11) is 0. The summed E-state index contributed by atoms with van der Waals surface area (Å²) in [6.07, 6.45) is 1.60. The van der Waals surface area contributed by atoms with E-state index in [9.17, 15) is 4.79 Å². The Morgan fingerprint density at radius 2 is 2.03 bits per heavy atom. The molecule has 0 fully saturated rings. The lowest BCUT2D eigenvalue weighted by Crippen LogP contribution is -2.29. The molecule has 166 valence electrons. The lowest BCUT2D eigenvalue weighted by atomic mass is 9.95. The van der Waals surface area contributed by atoms with Crippen molar-refractivity contribution in [3.05, 3.63) is 60.1 Å². The van der Waals surface area contributed by atoms with Crippen molar-refractivity contribution < 1.29 is 9.47 Å². The summed E-state index contributed by atoms with van der Waals surface area (Å²) in [4.78, 5) is 18.0. The molecule has 0 N–H and O–H groups in total. The van der Waals surface area contributed by atoms with Crippen molar-refractivity contribution in [3.8, 4) is 17.6 Å². The topological polar surface area (TPSA) is 89.5 Å².